The lowest BCUT2D eigenvalue weighted by Crippen LogP contribution is -2.27. The van der Waals surface area contributed by atoms with E-state index in [0.29, 0.717) is 25.0 Å². The van der Waals surface area contributed by atoms with Gasteiger partial charge in [-0.1, -0.05) is 12.8 Å². The molecule has 1 aliphatic rings. The number of benzene rings is 2. The molecule has 0 spiro atoms. The van der Waals surface area contributed by atoms with Gasteiger partial charge in [0.25, 0.3) is 0 Å². The molecule has 2 N–H and O–H groups in total. The fraction of sp³-hybridized carbons (Fsp3) is 0.300. The molecule has 0 saturated heterocycles. The van der Waals surface area contributed by atoms with Crippen LogP contribution in [-0.2, 0) is 0 Å². The maximum absolute atomic E-state index is 13.4. The zero-order chi connectivity index (χ0) is 20.3. The predicted molar refractivity (Wildman–Crippen MR) is 97.3 cm³/mol. The van der Waals surface area contributed by atoms with Crippen molar-refractivity contribution in [2.75, 3.05) is 0 Å². The number of halogens is 4. The van der Waals surface area contributed by atoms with Gasteiger partial charge >= 0.3 is 0 Å². The third-order valence-electron chi connectivity index (χ3n) is 4.62. The summed E-state index contributed by atoms with van der Waals surface area (Å²) >= 11 is 0. The van der Waals surface area contributed by atoms with Crippen LogP contribution in [0.5, 0.6) is 11.5 Å². The molecule has 0 heterocycles. The number of rotatable bonds is 4. The standard InChI is InChI=1S/C20H18F4N2O2/c21-13-5-11(19(27)15(23)7-13)9-25-17-3-1-2-4-18(17)26-10-12-6-14(22)8-16(24)20(12)28/h5-10,17-18,27-28H,1-4H2/t17-,18-/m0/s1. The van der Waals surface area contributed by atoms with E-state index in [1.54, 1.807) is 0 Å². The number of hydrogen-bond donors (Lipinski definition) is 2. The Hall–Kier alpha value is -2.90. The SMILES string of the molecule is Oc1c(F)cc(F)cc1C=N[C@H]1CCCC[C@@H]1N=Cc1cc(F)cc(F)c1O. The maximum atomic E-state index is 13.4. The van der Waals surface area contributed by atoms with Gasteiger partial charge in [0.2, 0.25) is 0 Å². The second-order valence-corrected chi connectivity index (χ2v) is 6.63. The van der Waals surface area contributed by atoms with Crippen molar-refractivity contribution in [3.05, 3.63) is 58.7 Å². The summed E-state index contributed by atoms with van der Waals surface area (Å²) in [6.07, 6.45) is 5.44. The highest BCUT2D eigenvalue weighted by atomic mass is 19.1. The number of phenolic OH excluding ortho intramolecular Hbond substituents is 2. The second kappa shape index (κ2) is 8.41. The molecule has 0 unspecified atom stereocenters. The average molecular weight is 394 g/mol. The Balaban J connectivity index is 1.82. The van der Waals surface area contributed by atoms with Crippen molar-refractivity contribution in [1.29, 1.82) is 0 Å². The zero-order valence-corrected chi connectivity index (χ0v) is 14.7. The summed E-state index contributed by atoms with van der Waals surface area (Å²) < 4.78 is 53.5. The van der Waals surface area contributed by atoms with Gasteiger partial charge in [-0.15, -0.1) is 0 Å². The summed E-state index contributed by atoms with van der Waals surface area (Å²) in [7, 11) is 0. The molecule has 2 aromatic rings. The minimum absolute atomic E-state index is 0.0874. The molecule has 148 valence electrons. The molecular weight excluding hydrogens is 376 g/mol. The van der Waals surface area contributed by atoms with E-state index in [4.69, 9.17) is 0 Å². The zero-order valence-electron chi connectivity index (χ0n) is 14.7. The summed E-state index contributed by atoms with van der Waals surface area (Å²) in [5.74, 6) is -5.22. The lowest BCUT2D eigenvalue weighted by atomic mass is 9.91. The quantitative estimate of drug-likeness (QED) is 0.592. The minimum atomic E-state index is -1.08. The van der Waals surface area contributed by atoms with Crippen LogP contribution in [0.2, 0.25) is 0 Å². The summed E-state index contributed by atoms with van der Waals surface area (Å²) in [6, 6.07) is 2.41. The van der Waals surface area contributed by atoms with Crippen molar-refractivity contribution < 1.29 is 27.8 Å². The van der Waals surface area contributed by atoms with Crippen molar-refractivity contribution in [2.24, 2.45) is 9.98 Å². The second-order valence-electron chi connectivity index (χ2n) is 6.63. The van der Waals surface area contributed by atoms with Crippen LogP contribution in [0.25, 0.3) is 0 Å². The molecule has 1 aliphatic carbocycles. The van der Waals surface area contributed by atoms with Gasteiger partial charge in [0, 0.05) is 35.7 Å². The molecule has 2 atom stereocenters. The van der Waals surface area contributed by atoms with Crippen LogP contribution in [0.3, 0.4) is 0 Å². The first-order valence-corrected chi connectivity index (χ1v) is 8.77. The average Bonchev–Trinajstić information content (AvgIpc) is 2.65. The fourth-order valence-electron chi connectivity index (χ4n) is 3.16. The highest BCUT2D eigenvalue weighted by Crippen LogP contribution is 2.27. The van der Waals surface area contributed by atoms with Crippen LogP contribution < -0.4 is 0 Å². The van der Waals surface area contributed by atoms with Crippen molar-refractivity contribution in [1.82, 2.24) is 0 Å². The summed E-state index contributed by atoms with van der Waals surface area (Å²) in [4.78, 5) is 8.61. The van der Waals surface area contributed by atoms with Crippen LogP contribution in [0, 0.1) is 23.3 Å². The van der Waals surface area contributed by atoms with Crippen molar-refractivity contribution >= 4 is 12.4 Å². The van der Waals surface area contributed by atoms with Crippen molar-refractivity contribution in [3.63, 3.8) is 0 Å². The van der Waals surface area contributed by atoms with Gasteiger partial charge in [-0.25, -0.2) is 17.6 Å². The van der Waals surface area contributed by atoms with Gasteiger partial charge in [-0.3, -0.25) is 9.98 Å². The van der Waals surface area contributed by atoms with E-state index >= 15 is 0 Å². The lowest BCUT2D eigenvalue weighted by molar-refractivity contribution is 0.389. The number of hydrogen-bond acceptors (Lipinski definition) is 4. The van der Waals surface area contributed by atoms with Gasteiger partial charge in [0.15, 0.2) is 23.1 Å². The van der Waals surface area contributed by atoms with Crippen molar-refractivity contribution in [3.8, 4) is 11.5 Å². The van der Waals surface area contributed by atoms with Crippen molar-refractivity contribution in [2.45, 2.75) is 37.8 Å². The Labute approximate surface area is 158 Å². The molecule has 4 nitrogen and oxygen atoms in total. The maximum Gasteiger partial charge on any atom is 0.168 e. The van der Waals surface area contributed by atoms with E-state index in [2.05, 4.69) is 9.98 Å². The number of phenols is 2. The van der Waals surface area contributed by atoms with E-state index < -0.39 is 34.8 Å². The van der Waals surface area contributed by atoms with Gasteiger partial charge in [0.05, 0.1) is 12.1 Å². The molecule has 0 radical (unpaired) electrons. The highest BCUT2D eigenvalue weighted by Gasteiger charge is 2.23. The van der Waals surface area contributed by atoms with Gasteiger partial charge < -0.3 is 10.2 Å². The van der Waals surface area contributed by atoms with Crippen LogP contribution >= 0.6 is 0 Å². The van der Waals surface area contributed by atoms with Gasteiger partial charge in [0.1, 0.15) is 11.6 Å². The smallest absolute Gasteiger partial charge is 0.168 e. The van der Waals surface area contributed by atoms with E-state index in [1.807, 2.05) is 0 Å². The van der Waals surface area contributed by atoms with Crippen LogP contribution in [0.4, 0.5) is 17.6 Å². The molecule has 2 aromatic carbocycles. The number of aliphatic imine (C=N–C) groups is 2. The molecule has 0 amide bonds. The Morgan fingerprint density at radius 2 is 1.11 bits per heavy atom. The fourth-order valence-corrected chi connectivity index (χ4v) is 3.16. The van der Waals surface area contributed by atoms with Crippen LogP contribution in [0.15, 0.2) is 34.3 Å². The summed E-state index contributed by atoms with van der Waals surface area (Å²) in [5, 5.41) is 19.4. The molecular formula is C20H18F4N2O2. The molecule has 3 rings (SSSR count). The normalized spacial score (nSPS) is 20.3. The lowest BCUT2D eigenvalue weighted by Gasteiger charge is -2.25. The van der Waals surface area contributed by atoms with Gasteiger partial charge in [-0.2, -0.15) is 0 Å². The van der Waals surface area contributed by atoms with Gasteiger partial charge in [-0.05, 0) is 25.0 Å². The predicted octanol–water partition coefficient (Wildman–Crippen LogP) is 4.50. The third kappa shape index (κ3) is 4.49. The first-order valence-electron chi connectivity index (χ1n) is 8.77. The molecule has 0 aliphatic heterocycles. The monoisotopic (exact) mass is 394 g/mol. The Morgan fingerprint density at radius 1 is 0.714 bits per heavy atom. The first kappa shape index (κ1) is 19.9. The third-order valence-corrected chi connectivity index (χ3v) is 4.62. The molecule has 0 bridgehead atoms. The largest absolute Gasteiger partial charge is 0.504 e. The summed E-state index contributed by atoms with van der Waals surface area (Å²) in [6.45, 7) is 0. The van der Waals surface area contributed by atoms with Crippen LogP contribution in [-0.4, -0.2) is 34.7 Å². The highest BCUT2D eigenvalue weighted by molar-refractivity contribution is 5.84. The van der Waals surface area contributed by atoms with E-state index in [0.717, 1.165) is 25.0 Å². The number of nitrogens with zero attached hydrogens (tertiary/aromatic N) is 2. The number of aromatic hydroxyl groups is 2. The molecule has 1 saturated carbocycles. The minimum Gasteiger partial charge on any atom is -0.504 e. The Kier molecular flexibility index (Phi) is 5.96. The van der Waals surface area contributed by atoms with E-state index in [1.165, 1.54) is 12.4 Å². The molecule has 0 aromatic heterocycles. The first-order chi connectivity index (χ1) is 13.3. The molecule has 8 heteroatoms. The van der Waals surface area contributed by atoms with E-state index in [-0.39, 0.29) is 23.2 Å². The summed E-state index contributed by atoms with van der Waals surface area (Å²) in [5.41, 5.74) is -0.175. The van der Waals surface area contributed by atoms with Crippen LogP contribution in [0.1, 0.15) is 36.8 Å². The molecule has 28 heavy (non-hydrogen) atoms. The topological polar surface area (TPSA) is 65.2 Å². The molecule has 1 fully saturated rings. The Bertz CT molecular complexity index is 855. The van der Waals surface area contributed by atoms with E-state index in [9.17, 15) is 27.8 Å². The Morgan fingerprint density at radius 3 is 1.50 bits per heavy atom.